The van der Waals surface area contributed by atoms with Crippen molar-refractivity contribution in [1.29, 1.82) is 5.26 Å². The van der Waals surface area contributed by atoms with Gasteiger partial charge in [0.2, 0.25) is 0 Å². The third-order valence-corrected chi connectivity index (χ3v) is 5.40. The maximum Gasteiger partial charge on any atom is 0.0998 e. The van der Waals surface area contributed by atoms with E-state index in [0.29, 0.717) is 23.3 Å². The molecule has 0 aliphatic heterocycles. The Hall–Kier alpha value is -2.93. The van der Waals surface area contributed by atoms with Crippen LogP contribution in [0.5, 0.6) is 0 Å². The Labute approximate surface area is 154 Å². The highest BCUT2D eigenvalue weighted by atomic mass is 16.4. The molecule has 4 nitrogen and oxygen atoms in total. The van der Waals surface area contributed by atoms with E-state index in [-0.39, 0.29) is 0 Å². The van der Waals surface area contributed by atoms with Crippen LogP contribution in [-0.2, 0) is 0 Å². The van der Waals surface area contributed by atoms with Crippen molar-refractivity contribution in [3.8, 4) is 17.2 Å². The van der Waals surface area contributed by atoms with Crippen molar-refractivity contribution in [2.75, 3.05) is 0 Å². The summed E-state index contributed by atoms with van der Waals surface area (Å²) in [6.07, 6.45) is 7.69. The lowest BCUT2D eigenvalue weighted by atomic mass is 9.73. The maximum absolute atomic E-state index is 9.24. The second-order valence-corrected chi connectivity index (χ2v) is 7.06. The molecule has 1 aromatic carbocycles. The first-order valence-corrected chi connectivity index (χ1v) is 8.96. The summed E-state index contributed by atoms with van der Waals surface area (Å²) in [6.45, 7) is 4.46. The molecular weight excluding hydrogens is 322 g/mol. The van der Waals surface area contributed by atoms with Gasteiger partial charge in [-0.3, -0.25) is 4.98 Å². The summed E-state index contributed by atoms with van der Waals surface area (Å²) in [5.74, 6) is 1.39. The van der Waals surface area contributed by atoms with Crippen LogP contribution in [0, 0.1) is 29.1 Å². The zero-order valence-corrected chi connectivity index (χ0v) is 15.1. The van der Waals surface area contributed by atoms with Gasteiger partial charge in [-0.2, -0.15) is 5.26 Å². The molecule has 0 spiro atoms. The molecule has 2 aromatic rings. The summed E-state index contributed by atoms with van der Waals surface area (Å²) < 4.78 is 0. The Balaban J connectivity index is 1.77. The summed E-state index contributed by atoms with van der Waals surface area (Å²) in [5.41, 5.74) is 4.25. The third-order valence-electron chi connectivity index (χ3n) is 5.40. The first-order valence-electron chi connectivity index (χ1n) is 8.96. The van der Waals surface area contributed by atoms with E-state index in [2.05, 4.69) is 36.1 Å². The molecule has 1 N–H and O–H groups in total. The fourth-order valence-electron chi connectivity index (χ4n) is 3.56. The van der Waals surface area contributed by atoms with E-state index < -0.39 is 0 Å². The van der Waals surface area contributed by atoms with Crippen molar-refractivity contribution in [2.24, 2.45) is 22.9 Å². The zero-order valence-electron chi connectivity index (χ0n) is 15.1. The van der Waals surface area contributed by atoms with Crippen molar-refractivity contribution < 1.29 is 5.21 Å². The van der Waals surface area contributed by atoms with Gasteiger partial charge in [-0.05, 0) is 48.8 Å². The van der Waals surface area contributed by atoms with Crippen molar-refractivity contribution >= 4 is 11.8 Å². The highest BCUT2D eigenvalue weighted by molar-refractivity contribution is 5.85. The molecule has 0 amide bonds. The second-order valence-electron chi connectivity index (χ2n) is 7.06. The van der Waals surface area contributed by atoms with Crippen LogP contribution in [0.3, 0.4) is 0 Å². The topological polar surface area (TPSA) is 69.3 Å². The molecule has 1 aliphatic rings. The van der Waals surface area contributed by atoms with Gasteiger partial charge in [-0.1, -0.05) is 49.3 Å². The minimum absolute atomic E-state index is 0.352. The molecule has 3 rings (SSSR count). The number of pyridine rings is 1. The molecule has 1 aromatic heterocycles. The molecule has 3 atom stereocenters. The van der Waals surface area contributed by atoms with Crippen LogP contribution in [-0.4, -0.2) is 15.9 Å². The van der Waals surface area contributed by atoms with E-state index >= 15 is 0 Å². The van der Waals surface area contributed by atoms with E-state index in [1.54, 1.807) is 0 Å². The average Bonchev–Trinajstić information content (AvgIpc) is 2.69. The molecule has 132 valence electrons. The van der Waals surface area contributed by atoms with Crippen molar-refractivity contribution in [3.63, 3.8) is 0 Å². The third kappa shape index (κ3) is 3.83. The average molecular weight is 345 g/mol. The molecule has 1 saturated carbocycles. The van der Waals surface area contributed by atoms with Crippen LogP contribution < -0.4 is 0 Å². The predicted octanol–water partition coefficient (Wildman–Crippen LogP) is 5.15. The Bertz CT molecular complexity index is 862. The van der Waals surface area contributed by atoms with Gasteiger partial charge >= 0.3 is 0 Å². The lowest BCUT2D eigenvalue weighted by Gasteiger charge is -2.32. The SMILES string of the molecule is CC1CC(=NO)CC(/C=C/c2ccc(-c3ccccc3C#N)cn2)C1C. The normalized spacial score (nSPS) is 24.7. The summed E-state index contributed by atoms with van der Waals surface area (Å²) in [7, 11) is 0. The van der Waals surface area contributed by atoms with Crippen LogP contribution >= 0.6 is 0 Å². The smallest absolute Gasteiger partial charge is 0.0998 e. The van der Waals surface area contributed by atoms with Gasteiger partial charge in [0.25, 0.3) is 0 Å². The van der Waals surface area contributed by atoms with E-state index in [4.69, 9.17) is 5.21 Å². The van der Waals surface area contributed by atoms with E-state index in [1.165, 1.54) is 0 Å². The lowest BCUT2D eigenvalue weighted by Crippen LogP contribution is -2.28. The fourth-order valence-corrected chi connectivity index (χ4v) is 3.56. The first-order chi connectivity index (χ1) is 12.6. The summed E-state index contributed by atoms with van der Waals surface area (Å²) in [6, 6.07) is 13.7. The van der Waals surface area contributed by atoms with Gasteiger partial charge in [0.05, 0.1) is 23.0 Å². The van der Waals surface area contributed by atoms with E-state index in [0.717, 1.165) is 35.4 Å². The van der Waals surface area contributed by atoms with E-state index in [9.17, 15) is 5.26 Å². The van der Waals surface area contributed by atoms with Crippen LogP contribution in [0.15, 0.2) is 53.8 Å². The number of benzene rings is 1. The molecule has 4 heteroatoms. The maximum atomic E-state index is 9.24. The standard InChI is InChI=1S/C22H23N3O/c1-15-11-21(25-26)12-17(16(15)2)7-9-20-10-8-19(14-24-20)22-6-4-3-5-18(22)13-23/h3-10,14-17,26H,11-12H2,1-2H3/b9-7+,25-21?. The van der Waals surface area contributed by atoms with Gasteiger partial charge < -0.3 is 5.21 Å². The molecule has 26 heavy (non-hydrogen) atoms. The molecule has 1 heterocycles. The number of hydrogen-bond donors (Lipinski definition) is 1. The van der Waals surface area contributed by atoms with Gasteiger partial charge in [-0.25, -0.2) is 0 Å². The van der Waals surface area contributed by atoms with Crippen LogP contribution in [0.1, 0.15) is 37.9 Å². The Kier molecular flexibility index (Phi) is 5.48. The van der Waals surface area contributed by atoms with Gasteiger partial charge in [0, 0.05) is 17.3 Å². The molecule has 3 unspecified atom stereocenters. The number of nitrogens with zero attached hydrogens (tertiary/aromatic N) is 3. The minimum atomic E-state index is 0.352. The summed E-state index contributed by atoms with van der Waals surface area (Å²) in [5, 5.41) is 21.8. The minimum Gasteiger partial charge on any atom is -0.411 e. The molecule has 0 radical (unpaired) electrons. The molecule has 1 aliphatic carbocycles. The fraction of sp³-hybridized carbons (Fsp3) is 0.318. The quantitative estimate of drug-likeness (QED) is 0.618. The highest BCUT2D eigenvalue weighted by Crippen LogP contribution is 2.34. The zero-order chi connectivity index (χ0) is 18.5. The monoisotopic (exact) mass is 345 g/mol. The number of allylic oxidation sites excluding steroid dienone is 1. The number of nitriles is 1. The van der Waals surface area contributed by atoms with Crippen LogP contribution in [0.25, 0.3) is 17.2 Å². The van der Waals surface area contributed by atoms with E-state index in [1.807, 2.05) is 48.7 Å². The summed E-state index contributed by atoms with van der Waals surface area (Å²) >= 11 is 0. The molecular formula is C22H23N3O. The molecule has 0 bridgehead atoms. The van der Waals surface area contributed by atoms with Crippen LogP contribution in [0.2, 0.25) is 0 Å². The Morgan fingerprint density at radius 3 is 2.69 bits per heavy atom. The number of aromatic nitrogens is 1. The van der Waals surface area contributed by atoms with Gasteiger partial charge in [0.1, 0.15) is 0 Å². The number of hydrogen-bond acceptors (Lipinski definition) is 4. The summed E-state index contributed by atoms with van der Waals surface area (Å²) in [4.78, 5) is 4.52. The van der Waals surface area contributed by atoms with Gasteiger partial charge in [0.15, 0.2) is 0 Å². The van der Waals surface area contributed by atoms with Crippen molar-refractivity contribution in [1.82, 2.24) is 4.98 Å². The lowest BCUT2D eigenvalue weighted by molar-refractivity contribution is 0.270. The molecule has 0 saturated heterocycles. The predicted molar refractivity (Wildman–Crippen MR) is 104 cm³/mol. The molecule has 1 fully saturated rings. The highest BCUT2D eigenvalue weighted by Gasteiger charge is 2.29. The first kappa shape index (κ1) is 17.9. The van der Waals surface area contributed by atoms with Gasteiger partial charge in [-0.15, -0.1) is 0 Å². The number of rotatable bonds is 3. The Morgan fingerprint density at radius 2 is 2.00 bits per heavy atom. The second kappa shape index (κ2) is 7.97. The van der Waals surface area contributed by atoms with Crippen molar-refractivity contribution in [2.45, 2.75) is 26.7 Å². The largest absolute Gasteiger partial charge is 0.411 e. The van der Waals surface area contributed by atoms with Crippen molar-refractivity contribution in [3.05, 3.63) is 59.9 Å². The number of oxime groups is 1. The Morgan fingerprint density at radius 1 is 1.19 bits per heavy atom. The van der Waals surface area contributed by atoms with Crippen LogP contribution in [0.4, 0.5) is 0 Å².